The van der Waals surface area contributed by atoms with E-state index >= 15 is 0 Å². The van der Waals surface area contributed by atoms with Crippen LogP contribution < -0.4 is 0 Å². The summed E-state index contributed by atoms with van der Waals surface area (Å²) >= 11 is 0. The molecule has 0 rings (SSSR count). The minimum atomic E-state index is 0. The molecule has 4 heteroatoms. The van der Waals surface area contributed by atoms with Crippen molar-refractivity contribution in [1.29, 1.82) is 5.26 Å². The van der Waals surface area contributed by atoms with E-state index in [1.165, 1.54) is 0 Å². The molecule has 0 unspecified atom stereocenters. The van der Waals surface area contributed by atoms with E-state index in [0.717, 1.165) is 6.26 Å². The number of hydrogen-bond acceptors (Lipinski definition) is 2. The van der Waals surface area contributed by atoms with E-state index in [4.69, 9.17) is 10.4 Å². The summed E-state index contributed by atoms with van der Waals surface area (Å²) in [5.74, 6) is 0. The van der Waals surface area contributed by atoms with E-state index in [1.54, 1.807) is 0 Å². The summed E-state index contributed by atoms with van der Waals surface area (Å²) in [6.45, 7) is 0. The predicted octanol–water partition coefficient (Wildman–Crippen LogP) is -0.922. The first-order valence-corrected chi connectivity index (χ1v) is 0.447. The SMILES string of the molecule is N#CO.[K].[Se]. The molecular weight excluding hydrogens is 160 g/mol. The maximum absolute atomic E-state index is 6.88. The molecule has 0 spiro atoms. The van der Waals surface area contributed by atoms with Crippen LogP contribution in [0.3, 0.4) is 0 Å². The van der Waals surface area contributed by atoms with Crippen LogP contribution >= 0.6 is 0 Å². The summed E-state index contributed by atoms with van der Waals surface area (Å²) in [5.41, 5.74) is 0. The maximum atomic E-state index is 6.88. The number of nitriles is 1. The van der Waals surface area contributed by atoms with Gasteiger partial charge in [0.15, 0.2) is 0 Å². The number of aliphatic hydroxyl groups is 1. The Balaban J connectivity index is -0.0000000200. The van der Waals surface area contributed by atoms with Crippen LogP contribution in [0.1, 0.15) is 0 Å². The van der Waals surface area contributed by atoms with Crippen molar-refractivity contribution in [2.75, 3.05) is 0 Å². The molecule has 0 aromatic rings. The van der Waals surface area contributed by atoms with Crippen LogP contribution in [0.25, 0.3) is 0 Å². The first kappa shape index (κ1) is 16.1. The number of nitrogens with zero attached hydrogens (tertiary/aromatic N) is 1. The van der Waals surface area contributed by atoms with E-state index < -0.39 is 0 Å². The third kappa shape index (κ3) is 30.9. The van der Waals surface area contributed by atoms with Crippen LogP contribution in [-0.2, 0) is 0 Å². The second-order valence-electron chi connectivity index (χ2n) is 0.100. The Labute approximate surface area is 83.4 Å². The van der Waals surface area contributed by atoms with Gasteiger partial charge in [-0.1, -0.05) is 0 Å². The van der Waals surface area contributed by atoms with Gasteiger partial charge < -0.3 is 5.11 Å². The third-order valence-electron chi connectivity index (χ3n) is 0. The molecule has 0 bridgehead atoms. The van der Waals surface area contributed by atoms with Gasteiger partial charge in [-0.05, 0) is 0 Å². The molecule has 0 heterocycles. The topological polar surface area (TPSA) is 44.0 Å². The van der Waals surface area contributed by atoms with Gasteiger partial charge in [-0.3, -0.25) is 0 Å². The van der Waals surface area contributed by atoms with E-state index in [2.05, 4.69) is 0 Å². The van der Waals surface area contributed by atoms with E-state index in [-0.39, 0.29) is 68.5 Å². The smallest absolute Gasteiger partial charge is 0.283 e. The van der Waals surface area contributed by atoms with Gasteiger partial charge in [0, 0.05) is 68.5 Å². The van der Waals surface area contributed by atoms with Crippen LogP contribution in [0.5, 0.6) is 0 Å². The molecule has 0 aromatic carbocycles. The largest absolute Gasteiger partial charge is 0.443 e. The predicted molar refractivity (Wildman–Crippen MR) is 19.1 cm³/mol. The average Bonchev–Trinajstić information content (AvgIpc) is 0.918. The molecule has 0 saturated carbocycles. The Morgan fingerprint density at radius 3 is 1.60 bits per heavy atom. The standard InChI is InChI=1S/CHNO.K.Se/c2-1-3;;/h3H;;. The van der Waals surface area contributed by atoms with Crippen LogP contribution in [0.4, 0.5) is 0 Å². The van der Waals surface area contributed by atoms with Crippen molar-refractivity contribution in [3.05, 3.63) is 0 Å². The molecule has 3 radical (unpaired) electrons. The Morgan fingerprint density at radius 2 is 1.60 bits per heavy atom. The van der Waals surface area contributed by atoms with E-state index in [1.807, 2.05) is 0 Å². The van der Waals surface area contributed by atoms with Gasteiger partial charge in [0.1, 0.15) is 0 Å². The molecule has 5 heavy (non-hydrogen) atoms. The number of hydrogen-bond donors (Lipinski definition) is 1. The minimum Gasteiger partial charge on any atom is -0.443 e. The zero-order chi connectivity index (χ0) is 2.71. The molecule has 2 nitrogen and oxygen atoms in total. The van der Waals surface area contributed by atoms with Gasteiger partial charge in [-0.25, -0.2) is 0 Å². The van der Waals surface area contributed by atoms with Crippen molar-refractivity contribution >= 4 is 68.5 Å². The summed E-state index contributed by atoms with van der Waals surface area (Å²) in [6, 6.07) is 0. The monoisotopic (exact) mass is 162 g/mol. The quantitative estimate of drug-likeness (QED) is 0.369. The third-order valence-corrected chi connectivity index (χ3v) is 0. The maximum Gasteiger partial charge on any atom is 0.283 e. The molecule has 1 N–H and O–H groups in total. The first-order chi connectivity index (χ1) is 1.41. The fraction of sp³-hybridized carbons (Fsp3) is 0. The van der Waals surface area contributed by atoms with Gasteiger partial charge in [-0.15, -0.1) is 0 Å². The Morgan fingerprint density at radius 1 is 1.60 bits per heavy atom. The minimum absolute atomic E-state index is 0. The molecule has 0 aliphatic rings. The number of aliphatic hydroxyl groups excluding tert-OH is 1. The van der Waals surface area contributed by atoms with Crippen LogP contribution in [-0.4, -0.2) is 73.6 Å². The Kier molecular flexibility index (Phi) is 57.9. The summed E-state index contributed by atoms with van der Waals surface area (Å²) < 4.78 is 0. The van der Waals surface area contributed by atoms with Crippen molar-refractivity contribution in [1.82, 2.24) is 0 Å². The second kappa shape index (κ2) is 18.0. The van der Waals surface area contributed by atoms with Crippen molar-refractivity contribution in [2.24, 2.45) is 0 Å². The van der Waals surface area contributed by atoms with Crippen molar-refractivity contribution in [3.8, 4) is 6.26 Å². The van der Waals surface area contributed by atoms with E-state index in [9.17, 15) is 0 Å². The molecule has 23 valence electrons. The fourth-order valence-electron chi connectivity index (χ4n) is 0. The summed E-state index contributed by atoms with van der Waals surface area (Å²) in [4.78, 5) is 0. The van der Waals surface area contributed by atoms with Gasteiger partial charge in [0.05, 0.1) is 0 Å². The molecule has 0 aromatic heterocycles. The van der Waals surface area contributed by atoms with Gasteiger partial charge in [-0.2, -0.15) is 5.26 Å². The number of rotatable bonds is 0. The second-order valence-corrected chi connectivity index (χ2v) is 0.100. The Bertz CT molecular complexity index is 33.1. The summed E-state index contributed by atoms with van der Waals surface area (Å²) in [7, 11) is 0. The summed E-state index contributed by atoms with van der Waals surface area (Å²) in [5, 5.41) is 13.8. The molecule has 0 atom stereocenters. The molecule has 0 aliphatic heterocycles. The summed E-state index contributed by atoms with van der Waals surface area (Å²) in [6.07, 6.45) is 0.750. The van der Waals surface area contributed by atoms with Crippen molar-refractivity contribution < 1.29 is 5.11 Å². The molecule has 0 amide bonds. The Hall–Kier alpha value is 1.45. The van der Waals surface area contributed by atoms with Gasteiger partial charge in [0.25, 0.3) is 6.26 Å². The van der Waals surface area contributed by atoms with Crippen LogP contribution in [0.2, 0.25) is 0 Å². The first-order valence-electron chi connectivity index (χ1n) is 0.447. The normalized spacial score (nSPS) is 1.40. The molecule has 0 saturated heterocycles. The van der Waals surface area contributed by atoms with Crippen molar-refractivity contribution in [2.45, 2.75) is 0 Å². The van der Waals surface area contributed by atoms with Crippen LogP contribution in [0, 0.1) is 11.5 Å². The van der Waals surface area contributed by atoms with Crippen LogP contribution in [0.15, 0.2) is 0 Å². The zero-order valence-electron chi connectivity index (χ0n) is 2.80. The fourth-order valence-corrected chi connectivity index (χ4v) is 0. The van der Waals surface area contributed by atoms with Crippen molar-refractivity contribution in [3.63, 3.8) is 0 Å². The molecule has 0 fully saturated rings. The average molecular weight is 161 g/mol. The van der Waals surface area contributed by atoms with Gasteiger partial charge >= 0.3 is 0 Å². The zero-order valence-corrected chi connectivity index (χ0v) is 7.64. The van der Waals surface area contributed by atoms with Gasteiger partial charge in [0.2, 0.25) is 0 Å². The molecular formula is CHKNOSe. The molecule has 0 aliphatic carbocycles. The van der Waals surface area contributed by atoms with E-state index in [0.29, 0.717) is 0 Å².